The lowest BCUT2D eigenvalue weighted by Crippen LogP contribution is -2.43. The molecule has 0 amide bonds. The van der Waals surface area contributed by atoms with E-state index in [4.69, 9.17) is 14.2 Å². The van der Waals surface area contributed by atoms with E-state index < -0.39 is 0 Å². The van der Waals surface area contributed by atoms with Crippen LogP contribution in [0, 0.1) is 5.41 Å². The molecule has 0 saturated heterocycles. The van der Waals surface area contributed by atoms with Crippen LogP contribution in [-0.4, -0.2) is 25.1 Å². The molecule has 0 radical (unpaired) electrons. The third-order valence-corrected chi connectivity index (χ3v) is 9.29. The van der Waals surface area contributed by atoms with E-state index in [-0.39, 0.29) is 28.3 Å². The Hall–Kier alpha value is -3.73. The Balaban J connectivity index is 1.67. The summed E-state index contributed by atoms with van der Waals surface area (Å²) in [5, 5.41) is 11.0. The quantitative estimate of drug-likeness (QED) is 0.372. The van der Waals surface area contributed by atoms with Crippen molar-refractivity contribution in [2.75, 3.05) is 14.2 Å². The highest BCUT2D eigenvalue weighted by Crippen LogP contribution is 2.68. The van der Waals surface area contributed by atoms with Gasteiger partial charge in [0, 0.05) is 28.5 Å². The molecule has 1 N–H and O–H groups in total. The number of carbonyl (C=O) groups excluding carboxylic acids is 1. The molecule has 0 aromatic heterocycles. The second-order valence-corrected chi connectivity index (χ2v) is 11.4. The molecule has 1 spiro atoms. The van der Waals surface area contributed by atoms with Crippen LogP contribution in [0.5, 0.6) is 23.0 Å². The second kappa shape index (κ2) is 8.65. The second-order valence-electron chi connectivity index (χ2n) is 11.4. The predicted octanol–water partition coefficient (Wildman–Crippen LogP) is 7.07. The van der Waals surface area contributed by atoms with E-state index in [1.54, 1.807) is 26.4 Å². The molecular weight excluding hydrogens is 476 g/mol. The SMILES string of the molecule is COc1ccc(O)c2c1[C@@H]1C[C@]3(C(C)=CCCC3(C)C)c3c(OC)cc(OCc4ccccc4)c(c31)C2=O. The number of phenolic OH excluding ortho intramolecular Hbond substituents is 1. The summed E-state index contributed by atoms with van der Waals surface area (Å²) in [7, 11) is 3.31. The van der Waals surface area contributed by atoms with Crippen LogP contribution in [0.25, 0.3) is 0 Å². The van der Waals surface area contributed by atoms with Crippen LogP contribution in [-0.2, 0) is 12.0 Å². The molecule has 0 heterocycles. The summed E-state index contributed by atoms with van der Waals surface area (Å²) in [6, 6.07) is 15.1. The van der Waals surface area contributed by atoms with Gasteiger partial charge in [0.2, 0.25) is 5.78 Å². The van der Waals surface area contributed by atoms with E-state index in [1.807, 2.05) is 36.4 Å². The first kappa shape index (κ1) is 24.6. The van der Waals surface area contributed by atoms with Gasteiger partial charge in [0.25, 0.3) is 0 Å². The molecule has 0 fully saturated rings. The van der Waals surface area contributed by atoms with Crippen molar-refractivity contribution in [3.05, 3.63) is 93.6 Å². The molecule has 3 aliphatic rings. The zero-order valence-electron chi connectivity index (χ0n) is 22.7. The first-order valence-electron chi connectivity index (χ1n) is 13.3. The first-order valence-corrected chi connectivity index (χ1v) is 13.3. The number of hydrogen-bond acceptors (Lipinski definition) is 5. The van der Waals surface area contributed by atoms with Gasteiger partial charge in [-0.25, -0.2) is 0 Å². The fraction of sp³-hybridized carbons (Fsp3) is 0.364. The fourth-order valence-corrected chi connectivity index (χ4v) is 7.46. The summed E-state index contributed by atoms with van der Waals surface area (Å²) in [6.45, 7) is 7.19. The number of phenols is 1. The highest BCUT2D eigenvalue weighted by molar-refractivity contribution is 6.17. The van der Waals surface area contributed by atoms with Crippen LogP contribution in [0.2, 0.25) is 0 Å². The number of ether oxygens (including phenoxy) is 3. The largest absolute Gasteiger partial charge is 0.507 e. The number of fused-ring (bicyclic) bond motifs is 3. The molecule has 3 aromatic rings. The first-order chi connectivity index (χ1) is 18.2. The zero-order chi connectivity index (χ0) is 26.8. The number of methoxy groups -OCH3 is 2. The van der Waals surface area contributed by atoms with Gasteiger partial charge in [0.05, 0.1) is 25.3 Å². The lowest BCUT2D eigenvalue weighted by molar-refractivity contribution is 0.102. The minimum Gasteiger partial charge on any atom is -0.507 e. The van der Waals surface area contributed by atoms with Crippen molar-refractivity contribution in [1.82, 2.24) is 0 Å². The monoisotopic (exact) mass is 510 g/mol. The van der Waals surface area contributed by atoms with Gasteiger partial charge in [0.1, 0.15) is 29.6 Å². The molecular formula is C33H34O5. The maximum atomic E-state index is 14.3. The van der Waals surface area contributed by atoms with Crippen molar-refractivity contribution in [2.24, 2.45) is 5.41 Å². The number of aromatic hydroxyl groups is 1. The van der Waals surface area contributed by atoms with E-state index in [0.29, 0.717) is 29.2 Å². The number of hydrogen-bond donors (Lipinski definition) is 1. The highest BCUT2D eigenvalue weighted by atomic mass is 16.5. The Kier molecular flexibility index (Phi) is 5.60. The highest BCUT2D eigenvalue weighted by Gasteiger charge is 2.60. The van der Waals surface area contributed by atoms with Crippen LogP contribution in [0.3, 0.4) is 0 Å². The van der Waals surface area contributed by atoms with E-state index in [0.717, 1.165) is 47.3 Å². The molecule has 0 bridgehead atoms. The maximum Gasteiger partial charge on any atom is 0.201 e. The minimum atomic E-state index is -0.332. The van der Waals surface area contributed by atoms with E-state index in [1.165, 1.54) is 5.57 Å². The number of allylic oxidation sites excluding steroid dienone is 2. The Morgan fingerprint density at radius 2 is 1.68 bits per heavy atom. The molecule has 3 aliphatic carbocycles. The van der Waals surface area contributed by atoms with Gasteiger partial charge in [-0.1, -0.05) is 55.8 Å². The topological polar surface area (TPSA) is 65.0 Å². The van der Waals surface area contributed by atoms with Crippen molar-refractivity contribution in [1.29, 1.82) is 0 Å². The van der Waals surface area contributed by atoms with E-state index >= 15 is 0 Å². The van der Waals surface area contributed by atoms with Crippen LogP contribution in [0.15, 0.2) is 60.2 Å². The Morgan fingerprint density at radius 3 is 2.37 bits per heavy atom. The summed E-state index contributed by atoms with van der Waals surface area (Å²) < 4.78 is 18.3. The molecule has 3 aromatic carbocycles. The molecule has 2 atom stereocenters. The third kappa shape index (κ3) is 3.20. The molecule has 5 heteroatoms. The summed E-state index contributed by atoms with van der Waals surface area (Å²) in [6.07, 6.45) is 5.16. The summed E-state index contributed by atoms with van der Waals surface area (Å²) in [5.41, 5.74) is 5.54. The molecule has 6 rings (SSSR count). The minimum absolute atomic E-state index is 0.0288. The number of ketones is 1. The Bertz CT molecular complexity index is 1480. The van der Waals surface area contributed by atoms with Gasteiger partial charge < -0.3 is 19.3 Å². The van der Waals surface area contributed by atoms with Crippen molar-refractivity contribution >= 4 is 5.78 Å². The number of rotatable bonds is 5. The van der Waals surface area contributed by atoms with Gasteiger partial charge in [-0.3, -0.25) is 4.79 Å². The molecule has 0 saturated carbocycles. The van der Waals surface area contributed by atoms with Crippen LogP contribution in [0.4, 0.5) is 0 Å². The Morgan fingerprint density at radius 1 is 0.947 bits per heavy atom. The van der Waals surface area contributed by atoms with Crippen molar-refractivity contribution in [3.63, 3.8) is 0 Å². The van der Waals surface area contributed by atoms with Gasteiger partial charge in [-0.05, 0) is 54.9 Å². The zero-order valence-corrected chi connectivity index (χ0v) is 22.7. The lowest BCUT2D eigenvalue weighted by atomic mass is 9.54. The van der Waals surface area contributed by atoms with Gasteiger partial charge in [0.15, 0.2) is 0 Å². The third-order valence-electron chi connectivity index (χ3n) is 9.29. The normalized spacial score (nSPS) is 22.5. The lowest BCUT2D eigenvalue weighted by Gasteiger charge is -2.49. The number of benzene rings is 3. The van der Waals surface area contributed by atoms with E-state index in [2.05, 4.69) is 26.8 Å². The smallest absolute Gasteiger partial charge is 0.201 e. The molecule has 196 valence electrons. The van der Waals surface area contributed by atoms with Crippen LogP contribution in [0.1, 0.15) is 84.1 Å². The fourth-order valence-electron chi connectivity index (χ4n) is 7.46. The number of carbonyl (C=O) groups is 1. The molecule has 0 aliphatic heterocycles. The summed E-state index contributed by atoms with van der Waals surface area (Å²) >= 11 is 0. The average molecular weight is 511 g/mol. The summed E-state index contributed by atoms with van der Waals surface area (Å²) in [5.74, 6) is 1.44. The van der Waals surface area contributed by atoms with E-state index in [9.17, 15) is 9.90 Å². The maximum absolute atomic E-state index is 14.3. The Labute approximate surface area is 224 Å². The molecule has 0 unspecified atom stereocenters. The van der Waals surface area contributed by atoms with Crippen molar-refractivity contribution in [2.45, 2.75) is 58.0 Å². The van der Waals surface area contributed by atoms with Crippen molar-refractivity contribution in [3.8, 4) is 23.0 Å². The van der Waals surface area contributed by atoms with Crippen LogP contribution < -0.4 is 14.2 Å². The average Bonchev–Trinajstić information content (AvgIpc) is 3.28. The van der Waals surface area contributed by atoms with Crippen molar-refractivity contribution < 1.29 is 24.1 Å². The molecule has 38 heavy (non-hydrogen) atoms. The van der Waals surface area contributed by atoms with Gasteiger partial charge in [-0.15, -0.1) is 0 Å². The van der Waals surface area contributed by atoms with Gasteiger partial charge >= 0.3 is 0 Å². The van der Waals surface area contributed by atoms with Crippen LogP contribution >= 0.6 is 0 Å². The summed E-state index contributed by atoms with van der Waals surface area (Å²) in [4.78, 5) is 14.3. The van der Waals surface area contributed by atoms with Gasteiger partial charge in [-0.2, -0.15) is 0 Å². The predicted molar refractivity (Wildman–Crippen MR) is 147 cm³/mol. The molecule has 5 nitrogen and oxygen atoms in total. The standard InChI is InChI=1S/C33H34O5/c1-19-10-9-15-32(2,3)33(19)17-21-26-23(36-4)14-13-22(34)28(26)31(35)29-24(16-25(37-5)30(33)27(21)29)38-18-20-11-7-6-8-12-20/h6-8,10-14,16,21,34H,9,15,17-18H2,1-5H3/t21-,33-/m0/s1.